The first-order chi connectivity index (χ1) is 7.03. The van der Waals surface area contributed by atoms with Crippen LogP contribution in [0, 0.1) is 11.8 Å². The minimum atomic E-state index is -0.137. The molecule has 0 amide bonds. The molecule has 0 radical (unpaired) electrons. The second-order valence-electron chi connectivity index (χ2n) is 5.43. The Morgan fingerprint density at radius 1 is 1.47 bits per heavy atom. The molecule has 4 unspecified atom stereocenters. The molecule has 4 atom stereocenters. The Hall–Kier alpha value is -0.0800. The summed E-state index contributed by atoms with van der Waals surface area (Å²) in [5, 5.41) is 0. The molecule has 2 heteroatoms. The van der Waals surface area contributed by atoms with Crippen molar-refractivity contribution < 1.29 is 4.74 Å². The summed E-state index contributed by atoms with van der Waals surface area (Å²) in [4.78, 5) is 0. The van der Waals surface area contributed by atoms with Gasteiger partial charge in [0.05, 0.1) is 5.60 Å². The summed E-state index contributed by atoms with van der Waals surface area (Å²) >= 11 is 0. The van der Waals surface area contributed by atoms with Gasteiger partial charge in [-0.1, -0.05) is 26.7 Å². The van der Waals surface area contributed by atoms with Gasteiger partial charge in [-0.15, -0.1) is 0 Å². The second-order valence-corrected chi connectivity index (χ2v) is 5.43. The van der Waals surface area contributed by atoms with Gasteiger partial charge in [0.15, 0.2) is 0 Å². The lowest BCUT2D eigenvalue weighted by atomic mass is 9.73. The third-order valence-electron chi connectivity index (χ3n) is 4.36. The molecule has 2 N–H and O–H groups in total. The summed E-state index contributed by atoms with van der Waals surface area (Å²) < 4.78 is 5.61. The third-order valence-corrected chi connectivity index (χ3v) is 4.36. The molecule has 0 bridgehead atoms. The molecule has 0 aromatic carbocycles. The first-order valence-corrected chi connectivity index (χ1v) is 6.34. The maximum absolute atomic E-state index is 6.39. The number of ether oxygens (including phenoxy) is 1. The molecule has 1 saturated carbocycles. The van der Waals surface area contributed by atoms with Crippen molar-refractivity contribution in [2.45, 2.75) is 64.5 Å². The molecule has 0 aromatic rings. The van der Waals surface area contributed by atoms with Crippen LogP contribution in [-0.4, -0.2) is 18.8 Å². The van der Waals surface area contributed by atoms with E-state index in [4.69, 9.17) is 10.5 Å². The standard InChI is InChI=1S/C13H27NO/c1-5-13(3,15-4)12(14)11-8-6-7-10(2)9-11/h10-12H,5-9,14H2,1-4H3. The fraction of sp³-hybridized carbons (Fsp3) is 1.00. The number of hydrogen-bond acceptors (Lipinski definition) is 2. The van der Waals surface area contributed by atoms with Crippen molar-refractivity contribution in [1.82, 2.24) is 0 Å². The third kappa shape index (κ3) is 2.94. The van der Waals surface area contributed by atoms with Crippen LogP contribution in [0.25, 0.3) is 0 Å². The van der Waals surface area contributed by atoms with Crippen LogP contribution in [0.15, 0.2) is 0 Å². The topological polar surface area (TPSA) is 35.2 Å². The molecule has 0 aliphatic heterocycles. The van der Waals surface area contributed by atoms with Crippen LogP contribution >= 0.6 is 0 Å². The van der Waals surface area contributed by atoms with Gasteiger partial charge in [0.2, 0.25) is 0 Å². The Morgan fingerprint density at radius 2 is 2.13 bits per heavy atom. The molecule has 1 fully saturated rings. The summed E-state index contributed by atoms with van der Waals surface area (Å²) in [7, 11) is 1.79. The van der Waals surface area contributed by atoms with Gasteiger partial charge < -0.3 is 10.5 Å². The van der Waals surface area contributed by atoms with E-state index in [1.54, 1.807) is 7.11 Å². The normalized spacial score (nSPS) is 33.4. The molecule has 0 spiro atoms. The maximum atomic E-state index is 6.39. The van der Waals surface area contributed by atoms with Crippen molar-refractivity contribution in [2.24, 2.45) is 17.6 Å². The average molecular weight is 213 g/mol. The van der Waals surface area contributed by atoms with Gasteiger partial charge in [-0.3, -0.25) is 0 Å². The lowest BCUT2D eigenvalue weighted by Crippen LogP contribution is -2.52. The molecule has 1 aliphatic rings. The van der Waals surface area contributed by atoms with E-state index in [0.29, 0.717) is 5.92 Å². The zero-order chi connectivity index (χ0) is 11.5. The molecule has 90 valence electrons. The lowest BCUT2D eigenvalue weighted by molar-refractivity contribution is -0.0404. The smallest absolute Gasteiger partial charge is 0.0800 e. The quantitative estimate of drug-likeness (QED) is 0.779. The van der Waals surface area contributed by atoms with Crippen molar-refractivity contribution in [1.29, 1.82) is 0 Å². The van der Waals surface area contributed by atoms with E-state index in [2.05, 4.69) is 20.8 Å². The molecule has 1 rings (SSSR count). The highest BCUT2D eigenvalue weighted by Crippen LogP contribution is 2.35. The Kier molecular flexibility index (Phi) is 4.60. The predicted molar refractivity (Wildman–Crippen MR) is 64.8 cm³/mol. The highest BCUT2D eigenvalue weighted by molar-refractivity contribution is 4.92. The van der Waals surface area contributed by atoms with Crippen LogP contribution in [0.4, 0.5) is 0 Å². The van der Waals surface area contributed by atoms with E-state index >= 15 is 0 Å². The van der Waals surface area contributed by atoms with Crippen LogP contribution in [0.3, 0.4) is 0 Å². The first kappa shape index (κ1) is 13.0. The Balaban J connectivity index is 2.61. The van der Waals surface area contributed by atoms with Crippen molar-refractivity contribution in [3.8, 4) is 0 Å². The Bertz CT molecular complexity index is 189. The van der Waals surface area contributed by atoms with Crippen LogP contribution in [0.2, 0.25) is 0 Å². The lowest BCUT2D eigenvalue weighted by Gasteiger charge is -2.41. The van der Waals surface area contributed by atoms with Gasteiger partial charge in [-0.25, -0.2) is 0 Å². The van der Waals surface area contributed by atoms with Crippen molar-refractivity contribution in [3.05, 3.63) is 0 Å². The SMILES string of the molecule is CCC(C)(OC)C(N)C1CCCC(C)C1. The van der Waals surface area contributed by atoms with E-state index in [9.17, 15) is 0 Å². The van der Waals surface area contributed by atoms with Crippen molar-refractivity contribution >= 4 is 0 Å². The van der Waals surface area contributed by atoms with Gasteiger partial charge in [0.25, 0.3) is 0 Å². The van der Waals surface area contributed by atoms with Crippen molar-refractivity contribution in [3.63, 3.8) is 0 Å². The maximum Gasteiger partial charge on any atom is 0.0800 e. The zero-order valence-corrected chi connectivity index (χ0v) is 10.8. The molecular formula is C13H27NO. The number of rotatable bonds is 4. The van der Waals surface area contributed by atoms with E-state index in [-0.39, 0.29) is 11.6 Å². The van der Waals surface area contributed by atoms with E-state index in [1.165, 1.54) is 25.7 Å². The van der Waals surface area contributed by atoms with Gasteiger partial charge in [0.1, 0.15) is 0 Å². The molecule has 2 nitrogen and oxygen atoms in total. The fourth-order valence-electron chi connectivity index (χ4n) is 2.82. The summed E-state index contributed by atoms with van der Waals surface area (Å²) in [6.07, 6.45) is 6.27. The summed E-state index contributed by atoms with van der Waals surface area (Å²) in [6, 6.07) is 0.190. The predicted octanol–water partition coefficient (Wildman–Crippen LogP) is 2.96. The Morgan fingerprint density at radius 3 is 2.60 bits per heavy atom. The van der Waals surface area contributed by atoms with Crippen LogP contribution < -0.4 is 5.73 Å². The minimum Gasteiger partial charge on any atom is -0.377 e. The molecule has 1 aliphatic carbocycles. The van der Waals surface area contributed by atoms with E-state index in [0.717, 1.165) is 12.3 Å². The molecule has 0 heterocycles. The van der Waals surface area contributed by atoms with E-state index < -0.39 is 0 Å². The average Bonchev–Trinajstić information content (AvgIpc) is 2.27. The van der Waals surface area contributed by atoms with E-state index in [1.807, 2.05) is 0 Å². The summed E-state index contributed by atoms with van der Waals surface area (Å²) in [5.74, 6) is 1.49. The second kappa shape index (κ2) is 5.31. The minimum absolute atomic E-state index is 0.137. The van der Waals surface area contributed by atoms with Crippen molar-refractivity contribution in [2.75, 3.05) is 7.11 Å². The van der Waals surface area contributed by atoms with Gasteiger partial charge in [-0.2, -0.15) is 0 Å². The summed E-state index contributed by atoms with van der Waals surface area (Å²) in [6.45, 7) is 6.65. The van der Waals surface area contributed by atoms with Crippen LogP contribution in [0.1, 0.15) is 52.9 Å². The van der Waals surface area contributed by atoms with Gasteiger partial charge >= 0.3 is 0 Å². The zero-order valence-electron chi connectivity index (χ0n) is 10.8. The van der Waals surface area contributed by atoms with Crippen LogP contribution in [-0.2, 0) is 4.74 Å². The first-order valence-electron chi connectivity index (χ1n) is 6.34. The van der Waals surface area contributed by atoms with Gasteiger partial charge in [0, 0.05) is 13.2 Å². The van der Waals surface area contributed by atoms with Gasteiger partial charge in [-0.05, 0) is 38.0 Å². The number of methoxy groups -OCH3 is 1. The number of hydrogen-bond donors (Lipinski definition) is 1. The highest BCUT2D eigenvalue weighted by Gasteiger charge is 2.36. The summed E-state index contributed by atoms with van der Waals surface area (Å²) in [5.41, 5.74) is 6.25. The van der Waals surface area contributed by atoms with Crippen LogP contribution in [0.5, 0.6) is 0 Å². The number of nitrogens with two attached hydrogens (primary N) is 1. The highest BCUT2D eigenvalue weighted by atomic mass is 16.5. The Labute approximate surface area is 94.6 Å². The monoisotopic (exact) mass is 213 g/mol. The fourth-order valence-corrected chi connectivity index (χ4v) is 2.82. The molecule has 15 heavy (non-hydrogen) atoms. The molecule has 0 aromatic heterocycles. The molecular weight excluding hydrogens is 186 g/mol. The molecule has 0 saturated heterocycles. The largest absolute Gasteiger partial charge is 0.377 e.